The minimum Gasteiger partial charge on any atom is -0.507 e. The summed E-state index contributed by atoms with van der Waals surface area (Å²) in [4.78, 5) is 10.8. The summed E-state index contributed by atoms with van der Waals surface area (Å²) in [6.45, 7) is 4.96. The summed E-state index contributed by atoms with van der Waals surface area (Å²) in [6, 6.07) is 5.88. The molecule has 0 spiro atoms. The van der Waals surface area contributed by atoms with Crippen LogP contribution in [0.15, 0.2) is 30.8 Å². The van der Waals surface area contributed by atoms with Gasteiger partial charge in [-0.15, -0.1) is 0 Å². The Bertz CT molecular complexity index is 662. The Morgan fingerprint density at radius 1 is 1.47 bits per heavy atom. The molecule has 0 saturated carbocycles. The van der Waals surface area contributed by atoms with Gasteiger partial charge < -0.3 is 9.84 Å². The molecule has 0 unspecified atom stereocenters. The molecule has 0 aliphatic carbocycles. The van der Waals surface area contributed by atoms with Crippen LogP contribution in [0.1, 0.15) is 18.1 Å². The van der Waals surface area contributed by atoms with Crippen molar-refractivity contribution < 1.29 is 19.0 Å². The fraction of sp³-hybridized carbons (Fsp3) is 0.133. The van der Waals surface area contributed by atoms with Crippen LogP contribution in [0.25, 0.3) is 16.8 Å². The van der Waals surface area contributed by atoms with Crippen LogP contribution in [0.3, 0.4) is 0 Å². The van der Waals surface area contributed by atoms with Gasteiger partial charge in [-0.1, -0.05) is 18.7 Å². The number of benzene rings is 2. The molecule has 2 aromatic carbocycles. The number of hydrogen-bond acceptors (Lipinski definition) is 3. The van der Waals surface area contributed by atoms with E-state index < -0.39 is 11.8 Å². The van der Waals surface area contributed by atoms with Crippen molar-refractivity contribution in [3.05, 3.63) is 47.8 Å². The van der Waals surface area contributed by atoms with Gasteiger partial charge in [0.25, 0.3) is 0 Å². The predicted octanol–water partition coefficient (Wildman–Crippen LogP) is 3.39. The van der Waals surface area contributed by atoms with E-state index >= 15 is 0 Å². The normalized spacial score (nSPS) is 10.4. The highest BCUT2D eigenvalue weighted by Gasteiger charge is 2.12. The Labute approximate surface area is 109 Å². The zero-order valence-electron chi connectivity index (χ0n) is 10.4. The maximum atomic E-state index is 13.2. The molecule has 0 radical (unpaired) electrons. The van der Waals surface area contributed by atoms with Gasteiger partial charge in [-0.25, -0.2) is 4.39 Å². The van der Waals surface area contributed by atoms with Crippen molar-refractivity contribution in [2.45, 2.75) is 13.5 Å². The van der Waals surface area contributed by atoms with Gasteiger partial charge in [-0.05, 0) is 23.6 Å². The van der Waals surface area contributed by atoms with Crippen LogP contribution >= 0.6 is 0 Å². The van der Waals surface area contributed by atoms with E-state index in [9.17, 15) is 14.3 Å². The van der Waals surface area contributed by atoms with E-state index in [0.717, 1.165) is 0 Å². The van der Waals surface area contributed by atoms with Crippen LogP contribution in [0, 0.1) is 5.82 Å². The number of carbonyl (C=O) groups is 1. The number of esters is 1. The quantitative estimate of drug-likeness (QED) is 0.860. The van der Waals surface area contributed by atoms with Crippen molar-refractivity contribution in [1.29, 1.82) is 0 Å². The lowest BCUT2D eigenvalue weighted by Gasteiger charge is -2.11. The molecule has 0 atom stereocenters. The van der Waals surface area contributed by atoms with Crippen molar-refractivity contribution in [2.24, 2.45) is 0 Å². The maximum Gasteiger partial charge on any atom is 0.302 e. The summed E-state index contributed by atoms with van der Waals surface area (Å²) in [6.07, 6.45) is 1.46. The summed E-state index contributed by atoms with van der Waals surface area (Å²) in [5.74, 6) is -0.895. The highest BCUT2D eigenvalue weighted by molar-refractivity contribution is 5.92. The Morgan fingerprint density at radius 2 is 2.21 bits per heavy atom. The Morgan fingerprint density at radius 3 is 2.84 bits per heavy atom. The summed E-state index contributed by atoms with van der Waals surface area (Å²) >= 11 is 0. The summed E-state index contributed by atoms with van der Waals surface area (Å²) in [5, 5.41) is 11.2. The average molecular weight is 260 g/mol. The minimum absolute atomic E-state index is 0.0392. The second kappa shape index (κ2) is 5.10. The van der Waals surface area contributed by atoms with Crippen LogP contribution in [0.5, 0.6) is 5.75 Å². The number of fused-ring (bicyclic) bond motifs is 1. The maximum absolute atomic E-state index is 13.2. The number of aromatic hydroxyl groups is 1. The molecule has 0 bridgehead atoms. The van der Waals surface area contributed by atoms with E-state index in [2.05, 4.69) is 6.58 Å². The first-order valence-electron chi connectivity index (χ1n) is 5.73. The monoisotopic (exact) mass is 260 g/mol. The van der Waals surface area contributed by atoms with Gasteiger partial charge in [0.05, 0.1) is 0 Å². The topological polar surface area (TPSA) is 46.5 Å². The Kier molecular flexibility index (Phi) is 3.51. The first kappa shape index (κ1) is 13.1. The van der Waals surface area contributed by atoms with Gasteiger partial charge in [0.1, 0.15) is 18.2 Å². The fourth-order valence-corrected chi connectivity index (χ4v) is 1.95. The minimum atomic E-state index is -0.425. The zero-order valence-corrected chi connectivity index (χ0v) is 10.4. The van der Waals surface area contributed by atoms with Crippen molar-refractivity contribution in [2.75, 3.05) is 0 Å². The third-order valence-electron chi connectivity index (χ3n) is 2.84. The predicted molar refractivity (Wildman–Crippen MR) is 71.1 cm³/mol. The molecule has 0 fully saturated rings. The Balaban J connectivity index is 2.61. The average Bonchev–Trinajstić information content (AvgIpc) is 2.37. The number of halogens is 1. The van der Waals surface area contributed by atoms with Gasteiger partial charge in [0, 0.05) is 23.4 Å². The third kappa shape index (κ3) is 2.57. The van der Waals surface area contributed by atoms with E-state index in [1.807, 2.05) is 0 Å². The Hall–Kier alpha value is -2.36. The summed E-state index contributed by atoms with van der Waals surface area (Å²) < 4.78 is 18.1. The van der Waals surface area contributed by atoms with Gasteiger partial charge in [-0.3, -0.25) is 4.79 Å². The van der Waals surface area contributed by atoms with Gasteiger partial charge >= 0.3 is 5.97 Å². The molecule has 0 heterocycles. The molecule has 2 aromatic rings. The van der Waals surface area contributed by atoms with Crippen LogP contribution in [-0.2, 0) is 16.1 Å². The number of phenols is 1. The molecule has 0 saturated heterocycles. The standard InChI is InChI=1S/C15H13FO3/c1-3-13-11(8-19-9(2)17)6-10-4-5-12(16)7-14(10)15(13)18/h3-7,18H,1,8H2,2H3. The molecule has 0 amide bonds. The van der Waals surface area contributed by atoms with E-state index in [0.29, 0.717) is 21.9 Å². The van der Waals surface area contributed by atoms with Crippen molar-refractivity contribution in [3.8, 4) is 5.75 Å². The highest BCUT2D eigenvalue weighted by atomic mass is 19.1. The molecule has 0 aliphatic heterocycles. The first-order chi connectivity index (χ1) is 9.02. The van der Waals surface area contributed by atoms with Gasteiger partial charge in [0.2, 0.25) is 0 Å². The largest absolute Gasteiger partial charge is 0.507 e. The molecule has 2 rings (SSSR count). The fourth-order valence-electron chi connectivity index (χ4n) is 1.95. The second-order valence-corrected chi connectivity index (χ2v) is 4.15. The van der Waals surface area contributed by atoms with E-state index in [1.165, 1.54) is 25.1 Å². The summed E-state index contributed by atoms with van der Waals surface area (Å²) in [5.41, 5.74) is 1.07. The van der Waals surface area contributed by atoms with Crippen molar-refractivity contribution >= 4 is 22.8 Å². The van der Waals surface area contributed by atoms with Crippen LogP contribution in [-0.4, -0.2) is 11.1 Å². The number of carbonyl (C=O) groups excluding carboxylic acids is 1. The van der Waals surface area contributed by atoms with Crippen LogP contribution in [0.4, 0.5) is 4.39 Å². The molecule has 0 aromatic heterocycles. The van der Waals surface area contributed by atoms with Gasteiger partial charge in [-0.2, -0.15) is 0 Å². The number of ether oxygens (including phenoxy) is 1. The smallest absolute Gasteiger partial charge is 0.302 e. The van der Waals surface area contributed by atoms with E-state index in [-0.39, 0.29) is 12.4 Å². The lowest BCUT2D eigenvalue weighted by molar-refractivity contribution is -0.142. The molecular formula is C15H13FO3. The number of rotatable bonds is 3. The van der Waals surface area contributed by atoms with Crippen LogP contribution in [0.2, 0.25) is 0 Å². The number of hydrogen-bond donors (Lipinski definition) is 1. The first-order valence-corrected chi connectivity index (χ1v) is 5.73. The van der Waals surface area contributed by atoms with Gasteiger partial charge in [0.15, 0.2) is 0 Å². The lowest BCUT2D eigenvalue weighted by atomic mass is 9.99. The lowest BCUT2D eigenvalue weighted by Crippen LogP contribution is -2.01. The van der Waals surface area contributed by atoms with Crippen molar-refractivity contribution in [1.82, 2.24) is 0 Å². The third-order valence-corrected chi connectivity index (χ3v) is 2.84. The van der Waals surface area contributed by atoms with E-state index in [4.69, 9.17) is 4.74 Å². The molecule has 0 aliphatic rings. The molecular weight excluding hydrogens is 247 g/mol. The van der Waals surface area contributed by atoms with Crippen molar-refractivity contribution in [3.63, 3.8) is 0 Å². The molecule has 19 heavy (non-hydrogen) atoms. The molecule has 4 heteroatoms. The van der Waals surface area contributed by atoms with Crippen LogP contribution < -0.4 is 0 Å². The summed E-state index contributed by atoms with van der Waals surface area (Å²) in [7, 11) is 0. The van der Waals surface area contributed by atoms with E-state index in [1.54, 1.807) is 12.1 Å². The molecule has 1 N–H and O–H groups in total. The molecule has 3 nitrogen and oxygen atoms in total. The molecule has 98 valence electrons. The SMILES string of the molecule is C=Cc1c(COC(C)=O)cc2ccc(F)cc2c1O. The number of phenolic OH excluding ortho intramolecular Hbond substituents is 1. The highest BCUT2D eigenvalue weighted by Crippen LogP contribution is 2.33. The second-order valence-electron chi connectivity index (χ2n) is 4.15. The zero-order chi connectivity index (χ0) is 14.0.